The molecular weight excluding hydrogens is 420 g/mol. The summed E-state index contributed by atoms with van der Waals surface area (Å²) in [5.74, 6) is 0. The molecule has 0 spiro atoms. The van der Waals surface area contributed by atoms with E-state index in [9.17, 15) is 0 Å². The van der Waals surface area contributed by atoms with E-state index < -0.39 is 0 Å². The summed E-state index contributed by atoms with van der Waals surface area (Å²) in [7, 11) is 0. The largest absolute Gasteiger partial charge is 0.455 e. The predicted molar refractivity (Wildman–Crippen MR) is 124 cm³/mol. The molecule has 1 heterocycles. The molecule has 4 aromatic carbocycles. The van der Waals surface area contributed by atoms with Crippen LogP contribution in [0.5, 0.6) is 0 Å². The lowest BCUT2D eigenvalue weighted by Gasteiger charge is -2.21. The molecular formula is C27H19BrO. The molecule has 1 nitrogen and oxygen atoms in total. The smallest absolute Gasteiger partial charge is 0.143 e. The second kappa shape index (κ2) is 5.84. The van der Waals surface area contributed by atoms with Gasteiger partial charge in [0.1, 0.15) is 11.2 Å². The van der Waals surface area contributed by atoms with Crippen LogP contribution in [0.15, 0.2) is 87.8 Å². The molecule has 0 atom stereocenters. The van der Waals surface area contributed by atoms with Gasteiger partial charge in [-0.2, -0.15) is 0 Å². The van der Waals surface area contributed by atoms with Gasteiger partial charge in [0.2, 0.25) is 0 Å². The zero-order chi connectivity index (χ0) is 19.8. The minimum atomic E-state index is -0.0513. The second-order valence-electron chi connectivity index (χ2n) is 8.33. The van der Waals surface area contributed by atoms with Crippen LogP contribution in [0.1, 0.15) is 25.0 Å². The van der Waals surface area contributed by atoms with E-state index in [0.29, 0.717) is 0 Å². The number of fused-ring (bicyclic) bond motifs is 7. The fourth-order valence-electron chi connectivity index (χ4n) is 4.88. The number of halogens is 1. The highest BCUT2D eigenvalue weighted by molar-refractivity contribution is 9.10. The third-order valence-corrected chi connectivity index (χ3v) is 7.06. The third kappa shape index (κ3) is 2.27. The summed E-state index contributed by atoms with van der Waals surface area (Å²) in [6.07, 6.45) is 0. The van der Waals surface area contributed by atoms with E-state index in [4.69, 9.17) is 4.42 Å². The van der Waals surface area contributed by atoms with Gasteiger partial charge in [0.25, 0.3) is 0 Å². The summed E-state index contributed by atoms with van der Waals surface area (Å²) in [5.41, 5.74) is 9.54. The Morgan fingerprint density at radius 2 is 1.48 bits per heavy atom. The molecule has 29 heavy (non-hydrogen) atoms. The molecule has 0 radical (unpaired) electrons. The van der Waals surface area contributed by atoms with Gasteiger partial charge >= 0.3 is 0 Å². The van der Waals surface area contributed by atoms with E-state index in [2.05, 4.69) is 103 Å². The van der Waals surface area contributed by atoms with E-state index in [1.54, 1.807) is 0 Å². The first-order valence-electron chi connectivity index (χ1n) is 9.90. The molecule has 0 amide bonds. The molecule has 0 saturated heterocycles. The third-order valence-electron chi connectivity index (χ3n) is 6.37. The zero-order valence-corrected chi connectivity index (χ0v) is 17.9. The van der Waals surface area contributed by atoms with Gasteiger partial charge < -0.3 is 4.42 Å². The molecule has 5 aromatic rings. The molecule has 6 rings (SSSR count). The minimum Gasteiger partial charge on any atom is -0.455 e. The summed E-state index contributed by atoms with van der Waals surface area (Å²) < 4.78 is 7.52. The van der Waals surface area contributed by atoms with Gasteiger partial charge in [-0.05, 0) is 46.0 Å². The normalized spacial score (nSPS) is 14.3. The monoisotopic (exact) mass is 438 g/mol. The quantitative estimate of drug-likeness (QED) is 0.256. The predicted octanol–water partition coefficient (Wildman–Crippen LogP) is 8.32. The highest BCUT2D eigenvalue weighted by Crippen LogP contribution is 2.53. The van der Waals surface area contributed by atoms with E-state index in [0.717, 1.165) is 15.6 Å². The van der Waals surface area contributed by atoms with Crippen LogP contribution in [0, 0.1) is 0 Å². The van der Waals surface area contributed by atoms with Crippen molar-refractivity contribution in [3.63, 3.8) is 0 Å². The van der Waals surface area contributed by atoms with Gasteiger partial charge in [0.15, 0.2) is 0 Å². The summed E-state index contributed by atoms with van der Waals surface area (Å²) in [6.45, 7) is 4.62. The van der Waals surface area contributed by atoms with Crippen molar-refractivity contribution in [1.82, 2.24) is 0 Å². The fourth-order valence-corrected chi connectivity index (χ4v) is 5.39. The van der Waals surface area contributed by atoms with Crippen LogP contribution in [0.3, 0.4) is 0 Å². The van der Waals surface area contributed by atoms with Gasteiger partial charge in [0.05, 0.1) is 0 Å². The van der Waals surface area contributed by atoms with Crippen LogP contribution in [0.2, 0.25) is 0 Å². The Labute approximate surface area is 178 Å². The molecule has 1 aliphatic carbocycles. The molecule has 2 heteroatoms. The van der Waals surface area contributed by atoms with E-state index >= 15 is 0 Å². The first-order valence-corrected chi connectivity index (χ1v) is 10.7. The van der Waals surface area contributed by atoms with Crippen LogP contribution >= 0.6 is 15.9 Å². The average molecular weight is 439 g/mol. The topological polar surface area (TPSA) is 13.1 Å². The Kier molecular flexibility index (Phi) is 3.43. The maximum atomic E-state index is 6.41. The Bertz CT molecular complexity index is 1440. The van der Waals surface area contributed by atoms with Gasteiger partial charge in [0, 0.05) is 26.2 Å². The second-order valence-corrected chi connectivity index (χ2v) is 9.18. The van der Waals surface area contributed by atoms with E-state index in [1.165, 1.54) is 44.2 Å². The number of furan rings is 1. The lowest BCUT2D eigenvalue weighted by molar-refractivity contribution is 0.653. The number of hydrogen-bond donors (Lipinski definition) is 0. The maximum Gasteiger partial charge on any atom is 0.143 e. The minimum absolute atomic E-state index is 0.0513. The van der Waals surface area contributed by atoms with Gasteiger partial charge in [-0.3, -0.25) is 0 Å². The highest BCUT2D eigenvalue weighted by Gasteiger charge is 2.37. The number of benzene rings is 4. The molecule has 0 fully saturated rings. The summed E-state index contributed by atoms with van der Waals surface area (Å²) in [5, 5.41) is 2.37. The molecule has 1 aliphatic rings. The molecule has 0 bridgehead atoms. The van der Waals surface area contributed by atoms with Crippen LogP contribution in [0.25, 0.3) is 44.2 Å². The van der Waals surface area contributed by atoms with Gasteiger partial charge in [-0.25, -0.2) is 0 Å². The van der Waals surface area contributed by atoms with Crippen molar-refractivity contribution in [3.8, 4) is 22.3 Å². The van der Waals surface area contributed by atoms with Crippen LogP contribution in [0.4, 0.5) is 0 Å². The Balaban J connectivity index is 1.71. The molecule has 0 aliphatic heterocycles. The van der Waals surface area contributed by atoms with Crippen molar-refractivity contribution in [3.05, 3.63) is 94.5 Å². The molecule has 0 unspecified atom stereocenters. The SMILES string of the molecule is CC1(C)c2ccc(-c3ccccc3Br)cc2-c2c1ccc1c2oc2ccccc21. The molecule has 140 valence electrons. The summed E-state index contributed by atoms with van der Waals surface area (Å²) in [6, 6.07) is 28.1. The number of rotatable bonds is 1. The summed E-state index contributed by atoms with van der Waals surface area (Å²) >= 11 is 3.71. The first kappa shape index (κ1) is 17.1. The fraction of sp³-hybridized carbons (Fsp3) is 0.111. The van der Waals surface area contributed by atoms with Crippen molar-refractivity contribution in [1.29, 1.82) is 0 Å². The van der Waals surface area contributed by atoms with Crippen molar-refractivity contribution in [2.45, 2.75) is 19.3 Å². The summed E-state index contributed by atoms with van der Waals surface area (Å²) in [4.78, 5) is 0. The standard InChI is InChI=1S/C27H19BrO/c1-27(2)21-13-11-16(17-7-3-5-9-23(17)28)15-20(21)25-22(27)14-12-19-18-8-4-6-10-24(18)29-26(19)25/h3-15H,1-2H3. The lowest BCUT2D eigenvalue weighted by Crippen LogP contribution is -2.14. The van der Waals surface area contributed by atoms with Crippen molar-refractivity contribution in [2.24, 2.45) is 0 Å². The number of hydrogen-bond acceptors (Lipinski definition) is 1. The first-order chi connectivity index (χ1) is 14.1. The lowest BCUT2D eigenvalue weighted by atomic mass is 9.82. The maximum absolute atomic E-state index is 6.41. The average Bonchev–Trinajstić information content (AvgIpc) is 3.21. The van der Waals surface area contributed by atoms with Crippen molar-refractivity contribution < 1.29 is 4.42 Å². The highest BCUT2D eigenvalue weighted by atomic mass is 79.9. The Hall–Kier alpha value is -2.84. The Morgan fingerprint density at radius 1 is 0.724 bits per heavy atom. The molecule has 1 aromatic heterocycles. The van der Waals surface area contributed by atoms with Crippen LogP contribution in [-0.2, 0) is 5.41 Å². The Morgan fingerprint density at radius 3 is 2.34 bits per heavy atom. The molecule has 0 N–H and O–H groups in total. The number of para-hydroxylation sites is 1. The van der Waals surface area contributed by atoms with Crippen LogP contribution in [-0.4, -0.2) is 0 Å². The van der Waals surface area contributed by atoms with E-state index in [1.807, 2.05) is 6.07 Å². The van der Waals surface area contributed by atoms with E-state index in [-0.39, 0.29) is 5.41 Å². The zero-order valence-electron chi connectivity index (χ0n) is 16.3. The van der Waals surface area contributed by atoms with Crippen molar-refractivity contribution in [2.75, 3.05) is 0 Å². The molecule has 0 saturated carbocycles. The van der Waals surface area contributed by atoms with Gasteiger partial charge in [-0.15, -0.1) is 0 Å². The van der Waals surface area contributed by atoms with Crippen molar-refractivity contribution >= 4 is 37.9 Å². The van der Waals surface area contributed by atoms with Gasteiger partial charge in [-0.1, -0.05) is 90.4 Å². The van der Waals surface area contributed by atoms with Crippen LogP contribution < -0.4 is 0 Å².